The van der Waals surface area contributed by atoms with Crippen molar-refractivity contribution in [2.24, 2.45) is 5.10 Å². The maximum Gasteiger partial charge on any atom is 0.329 e. The molecule has 8 heteroatoms. The molecule has 2 N–H and O–H groups in total. The van der Waals surface area contributed by atoms with Gasteiger partial charge in [0.05, 0.1) is 18.8 Å². The van der Waals surface area contributed by atoms with Gasteiger partial charge in [0.15, 0.2) is 0 Å². The lowest BCUT2D eigenvalue weighted by molar-refractivity contribution is -0.255. The van der Waals surface area contributed by atoms with Crippen LogP contribution < -0.4 is 20.6 Å². The Balaban J connectivity index is 1.98. The monoisotopic (exact) mass is 368 g/mol. The van der Waals surface area contributed by atoms with Crippen LogP contribution in [0.15, 0.2) is 47.6 Å². The maximum atomic E-state index is 11.8. The van der Waals surface area contributed by atoms with Gasteiger partial charge in [0, 0.05) is 11.3 Å². The van der Waals surface area contributed by atoms with E-state index in [1.807, 2.05) is 6.92 Å². The number of carbonyl (C=O) groups excluding carboxylic acids is 3. The molecule has 2 aromatic carbocycles. The number of aromatic carboxylic acids is 1. The fourth-order valence-electron chi connectivity index (χ4n) is 2.11. The lowest BCUT2D eigenvalue weighted by Crippen LogP contribution is -2.32. The van der Waals surface area contributed by atoms with Gasteiger partial charge < -0.3 is 20.0 Å². The van der Waals surface area contributed by atoms with Crippen LogP contribution in [0.5, 0.6) is 5.75 Å². The summed E-state index contributed by atoms with van der Waals surface area (Å²) in [7, 11) is 0. The Morgan fingerprint density at radius 2 is 1.81 bits per heavy atom. The number of rotatable bonds is 6. The number of hydrazone groups is 1. The first-order chi connectivity index (χ1) is 12.9. The van der Waals surface area contributed by atoms with E-state index >= 15 is 0 Å². The van der Waals surface area contributed by atoms with Gasteiger partial charge in [-0.15, -0.1) is 0 Å². The summed E-state index contributed by atoms with van der Waals surface area (Å²) >= 11 is 0. The summed E-state index contributed by atoms with van der Waals surface area (Å²) in [5.41, 5.74) is 3.83. The number of aryl methyl sites for hydroxylation is 1. The van der Waals surface area contributed by atoms with Gasteiger partial charge in [0.2, 0.25) is 0 Å². The Labute approximate surface area is 155 Å². The summed E-state index contributed by atoms with van der Waals surface area (Å²) in [6, 6.07) is 11.2. The SMILES string of the molecule is CCOc1ccc(/C=N\NC(=O)C(=O)Nc2ccc(C)cc2)cc1C(=O)[O-]. The Bertz CT molecular complexity index is 875. The van der Waals surface area contributed by atoms with E-state index in [0.717, 1.165) is 5.56 Å². The van der Waals surface area contributed by atoms with Crippen molar-refractivity contribution in [2.75, 3.05) is 11.9 Å². The van der Waals surface area contributed by atoms with Gasteiger partial charge in [-0.25, -0.2) is 5.43 Å². The number of carboxylic acid groups (broad SMARTS) is 1. The summed E-state index contributed by atoms with van der Waals surface area (Å²) in [5, 5.41) is 17.2. The topological polar surface area (TPSA) is 120 Å². The second kappa shape index (κ2) is 9.14. The van der Waals surface area contributed by atoms with Crippen molar-refractivity contribution in [3.8, 4) is 5.75 Å². The molecule has 0 fully saturated rings. The van der Waals surface area contributed by atoms with Gasteiger partial charge in [-0.1, -0.05) is 17.7 Å². The molecule has 140 valence electrons. The van der Waals surface area contributed by atoms with Crippen LogP contribution in [-0.2, 0) is 9.59 Å². The number of carbonyl (C=O) groups is 3. The van der Waals surface area contributed by atoms with E-state index in [-0.39, 0.29) is 11.3 Å². The predicted octanol–water partition coefficient (Wildman–Crippen LogP) is 0.846. The van der Waals surface area contributed by atoms with E-state index in [1.165, 1.54) is 18.3 Å². The van der Waals surface area contributed by atoms with E-state index < -0.39 is 17.8 Å². The van der Waals surface area contributed by atoms with Gasteiger partial charge in [0.25, 0.3) is 0 Å². The molecule has 0 saturated carbocycles. The highest BCUT2D eigenvalue weighted by Gasteiger charge is 2.12. The number of amides is 2. The Kier molecular flexibility index (Phi) is 6.65. The lowest BCUT2D eigenvalue weighted by Gasteiger charge is -2.11. The van der Waals surface area contributed by atoms with Crippen molar-refractivity contribution < 1.29 is 24.2 Å². The number of carboxylic acids is 1. The molecule has 0 spiro atoms. The molecule has 2 rings (SSSR count). The van der Waals surface area contributed by atoms with Crippen molar-refractivity contribution in [3.63, 3.8) is 0 Å². The minimum absolute atomic E-state index is 0.135. The highest BCUT2D eigenvalue weighted by molar-refractivity contribution is 6.39. The first kappa shape index (κ1) is 19.6. The molecule has 8 nitrogen and oxygen atoms in total. The smallest absolute Gasteiger partial charge is 0.329 e. The van der Waals surface area contributed by atoms with E-state index in [1.54, 1.807) is 37.3 Å². The molecular formula is C19H18N3O5-. The highest BCUT2D eigenvalue weighted by atomic mass is 16.5. The van der Waals surface area contributed by atoms with Crippen molar-refractivity contribution in [2.45, 2.75) is 13.8 Å². The molecule has 2 aromatic rings. The molecule has 0 heterocycles. The number of nitrogens with one attached hydrogen (secondary N) is 2. The molecular weight excluding hydrogens is 350 g/mol. The van der Waals surface area contributed by atoms with Crippen LogP contribution in [0.25, 0.3) is 0 Å². The Morgan fingerprint density at radius 1 is 1.11 bits per heavy atom. The second-order valence-corrected chi connectivity index (χ2v) is 5.50. The fraction of sp³-hybridized carbons (Fsp3) is 0.158. The predicted molar refractivity (Wildman–Crippen MR) is 97.5 cm³/mol. The van der Waals surface area contributed by atoms with E-state index in [2.05, 4.69) is 15.8 Å². The number of nitrogens with zero attached hydrogens (tertiary/aromatic N) is 1. The standard InChI is InChI=1S/C19H19N3O5/c1-3-27-16-9-6-13(10-15(16)19(25)26)11-20-22-18(24)17(23)21-14-7-4-12(2)5-8-14/h4-11H,3H2,1-2H3,(H,21,23)(H,22,24)(H,25,26)/p-1/b20-11-. The summed E-state index contributed by atoms with van der Waals surface area (Å²) in [6.07, 6.45) is 1.21. The third-order valence-electron chi connectivity index (χ3n) is 3.42. The minimum Gasteiger partial charge on any atom is -0.545 e. The summed E-state index contributed by atoms with van der Waals surface area (Å²) < 4.78 is 5.20. The highest BCUT2D eigenvalue weighted by Crippen LogP contribution is 2.19. The van der Waals surface area contributed by atoms with Crippen LogP contribution in [0.4, 0.5) is 5.69 Å². The molecule has 0 atom stereocenters. The fourth-order valence-corrected chi connectivity index (χ4v) is 2.11. The Hall–Kier alpha value is -3.68. The van der Waals surface area contributed by atoms with E-state index in [9.17, 15) is 19.5 Å². The molecule has 0 saturated heterocycles. The number of ether oxygens (including phenoxy) is 1. The van der Waals surface area contributed by atoms with Gasteiger partial charge in [-0.3, -0.25) is 9.59 Å². The van der Waals surface area contributed by atoms with Crippen molar-refractivity contribution in [1.29, 1.82) is 0 Å². The van der Waals surface area contributed by atoms with E-state index in [0.29, 0.717) is 17.9 Å². The van der Waals surface area contributed by atoms with Crippen molar-refractivity contribution in [1.82, 2.24) is 5.43 Å². The zero-order valence-corrected chi connectivity index (χ0v) is 14.8. The van der Waals surface area contributed by atoms with Crippen LogP contribution in [0.1, 0.15) is 28.4 Å². The molecule has 0 aliphatic carbocycles. The zero-order valence-electron chi connectivity index (χ0n) is 14.8. The Morgan fingerprint density at radius 3 is 2.44 bits per heavy atom. The van der Waals surface area contributed by atoms with Crippen LogP contribution in [0, 0.1) is 6.92 Å². The number of anilines is 1. The average Bonchev–Trinajstić information content (AvgIpc) is 2.64. The van der Waals surface area contributed by atoms with Gasteiger partial charge >= 0.3 is 11.8 Å². The first-order valence-corrected chi connectivity index (χ1v) is 8.10. The molecule has 2 amide bonds. The van der Waals surface area contributed by atoms with Gasteiger partial charge in [0.1, 0.15) is 5.75 Å². The third kappa shape index (κ3) is 5.67. The van der Waals surface area contributed by atoms with Crippen LogP contribution in [-0.4, -0.2) is 30.6 Å². The minimum atomic E-state index is -1.39. The second-order valence-electron chi connectivity index (χ2n) is 5.50. The maximum absolute atomic E-state index is 11.8. The molecule has 0 unspecified atom stereocenters. The molecule has 0 radical (unpaired) electrons. The van der Waals surface area contributed by atoms with Gasteiger partial charge in [-0.2, -0.15) is 5.10 Å². The van der Waals surface area contributed by atoms with Crippen LogP contribution in [0.3, 0.4) is 0 Å². The molecule has 0 aliphatic heterocycles. The third-order valence-corrected chi connectivity index (χ3v) is 3.42. The number of benzene rings is 2. The quantitative estimate of drug-likeness (QED) is 0.445. The number of hydrogen-bond donors (Lipinski definition) is 2. The van der Waals surface area contributed by atoms with E-state index in [4.69, 9.17) is 4.74 Å². The zero-order chi connectivity index (χ0) is 19.8. The lowest BCUT2D eigenvalue weighted by atomic mass is 10.1. The van der Waals surface area contributed by atoms with Gasteiger partial charge in [-0.05, 0) is 49.7 Å². The summed E-state index contributed by atoms with van der Waals surface area (Å²) in [4.78, 5) is 34.7. The van der Waals surface area contributed by atoms with Crippen molar-refractivity contribution in [3.05, 3.63) is 59.2 Å². The van der Waals surface area contributed by atoms with Crippen molar-refractivity contribution >= 4 is 29.7 Å². The van der Waals surface area contributed by atoms with Crippen LogP contribution in [0.2, 0.25) is 0 Å². The first-order valence-electron chi connectivity index (χ1n) is 8.10. The number of hydrogen-bond acceptors (Lipinski definition) is 6. The molecule has 0 aliphatic rings. The summed E-state index contributed by atoms with van der Waals surface area (Å²) in [6.45, 7) is 3.94. The van der Waals surface area contributed by atoms with Crippen LogP contribution >= 0.6 is 0 Å². The largest absolute Gasteiger partial charge is 0.545 e. The molecule has 0 aromatic heterocycles. The molecule has 27 heavy (non-hydrogen) atoms. The average molecular weight is 368 g/mol. The normalized spacial score (nSPS) is 10.4. The summed E-state index contributed by atoms with van der Waals surface area (Å²) in [5.74, 6) is -3.05. The molecule has 0 bridgehead atoms.